The largest absolute Gasteiger partial charge is 0.465 e. The number of nitrogen functional groups attached to an aromatic ring is 1. The summed E-state index contributed by atoms with van der Waals surface area (Å²) >= 11 is 0. The smallest absolute Gasteiger partial charge is 0.337 e. The highest BCUT2D eigenvalue weighted by molar-refractivity contribution is 6.08. The Morgan fingerprint density at radius 3 is 2.71 bits per heavy atom. The Kier molecular flexibility index (Phi) is 4.73. The van der Waals surface area contributed by atoms with E-state index >= 15 is 0 Å². The average Bonchev–Trinajstić information content (AvgIpc) is 3.34. The van der Waals surface area contributed by atoms with Crippen molar-refractivity contribution in [2.24, 2.45) is 0 Å². The number of benzene rings is 1. The predicted molar refractivity (Wildman–Crippen MR) is 109 cm³/mol. The molecule has 144 valence electrons. The van der Waals surface area contributed by atoms with Crippen LogP contribution in [0.4, 0.5) is 5.82 Å². The molecule has 4 rings (SSSR count). The van der Waals surface area contributed by atoms with Crippen LogP contribution in [0.2, 0.25) is 0 Å². The summed E-state index contributed by atoms with van der Waals surface area (Å²) in [6, 6.07) is 9.37. The Morgan fingerprint density at radius 2 is 2.00 bits per heavy atom. The highest BCUT2D eigenvalue weighted by Gasteiger charge is 2.18. The number of anilines is 1. The van der Waals surface area contributed by atoms with Crippen LogP contribution in [0.3, 0.4) is 0 Å². The first kappa shape index (κ1) is 18.0. The number of hydrogen-bond donors (Lipinski definition) is 1. The van der Waals surface area contributed by atoms with Crippen molar-refractivity contribution in [3.63, 3.8) is 0 Å². The Bertz CT molecular complexity index is 1140. The van der Waals surface area contributed by atoms with Gasteiger partial charge in [0.1, 0.15) is 18.0 Å². The second-order valence-electron chi connectivity index (χ2n) is 6.82. The lowest BCUT2D eigenvalue weighted by Crippen LogP contribution is -2.10. The average molecular weight is 377 g/mol. The molecule has 7 heteroatoms. The van der Waals surface area contributed by atoms with E-state index in [2.05, 4.69) is 21.0 Å². The van der Waals surface area contributed by atoms with Gasteiger partial charge in [0, 0.05) is 24.2 Å². The summed E-state index contributed by atoms with van der Waals surface area (Å²) in [5.74, 6) is 0.962. The third kappa shape index (κ3) is 3.09. The van der Waals surface area contributed by atoms with Crippen molar-refractivity contribution in [3.05, 3.63) is 54.1 Å². The summed E-state index contributed by atoms with van der Waals surface area (Å²) in [5.41, 5.74) is 9.01. The van der Waals surface area contributed by atoms with Crippen molar-refractivity contribution in [1.82, 2.24) is 19.1 Å². The summed E-state index contributed by atoms with van der Waals surface area (Å²) in [6.07, 6.45) is 7.05. The molecule has 0 aliphatic heterocycles. The third-order valence-electron chi connectivity index (χ3n) is 4.93. The van der Waals surface area contributed by atoms with Gasteiger partial charge in [-0.1, -0.05) is 13.3 Å². The summed E-state index contributed by atoms with van der Waals surface area (Å²) < 4.78 is 9.12. The van der Waals surface area contributed by atoms with Crippen LogP contribution in [-0.2, 0) is 17.8 Å². The fraction of sp³-hybridized carbons (Fsp3) is 0.286. The minimum Gasteiger partial charge on any atom is -0.465 e. The molecule has 0 fully saturated rings. The standard InChI is InChI=1S/C21H23N5O2/c1-3-4-7-17-24-18-19(26(17)13-25-10-5-6-11-25)15-9-8-14(21(27)28-2)12-16(15)23-20(18)22/h5-6,8-12H,3-4,7,13H2,1-2H3,(H2,22,23). The van der Waals surface area contributed by atoms with Crippen molar-refractivity contribution in [2.75, 3.05) is 12.8 Å². The van der Waals surface area contributed by atoms with Gasteiger partial charge in [-0.05, 0) is 36.8 Å². The number of unbranched alkanes of at least 4 members (excludes halogenated alkanes) is 1. The normalized spacial score (nSPS) is 11.4. The van der Waals surface area contributed by atoms with Crippen LogP contribution in [-0.4, -0.2) is 32.2 Å². The number of fused-ring (bicyclic) bond motifs is 3. The molecular weight excluding hydrogens is 354 g/mol. The quantitative estimate of drug-likeness (QED) is 0.519. The minimum absolute atomic E-state index is 0.369. The van der Waals surface area contributed by atoms with E-state index < -0.39 is 5.97 Å². The molecule has 4 aromatic rings. The summed E-state index contributed by atoms with van der Waals surface area (Å²) in [5, 5.41) is 0.916. The van der Waals surface area contributed by atoms with E-state index in [0.717, 1.165) is 36.0 Å². The Morgan fingerprint density at radius 1 is 1.21 bits per heavy atom. The minimum atomic E-state index is -0.396. The molecule has 1 aromatic carbocycles. The number of methoxy groups -OCH3 is 1. The number of rotatable bonds is 6. The van der Waals surface area contributed by atoms with Gasteiger partial charge < -0.3 is 19.6 Å². The number of aromatic nitrogens is 4. The number of nitrogens with two attached hydrogens (primary N) is 1. The Labute approximate surface area is 162 Å². The number of nitrogens with zero attached hydrogens (tertiary/aromatic N) is 4. The van der Waals surface area contributed by atoms with Crippen LogP contribution in [0.15, 0.2) is 42.7 Å². The van der Waals surface area contributed by atoms with Gasteiger partial charge in [-0.25, -0.2) is 14.8 Å². The SMILES string of the molecule is CCCCc1nc2c(N)nc3cc(C(=O)OC)ccc3c2n1Cn1cccc1. The highest BCUT2D eigenvalue weighted by atomic mass is 16.5. The number of hydrogen-bond acceptors (Lipinski definition) is 5. The molecule has 3 heterocycles. The fourth-order valence-electron chi connectivity index (χ4n) is 3.51. The zero-order valence-electron chi connectivity index (χ0n) is 16.1. The van der Waals surface area contributed by atoms with Gasteiger partial charge in [0.2, 0.25) is 0 Å². The second-order valence-corrected chi connectivity index (χ2v) is 6.82. The van der Waals surface area contributed by atoms with Gasteiger partial charge in [0.15, 0.2) is 5.82 Å². The van der Waals surface area contributed by atoms with E-state index in [1.807, 2.05) is 30.6 Å². The molecule has 0 saturated carbocycles. The maximum Gasteiger partial charge on any atom is 0.337 e. The molecule has 0 atom stereocenters. The molecule has 3 aromatic heterocycles. The fourth-order valence-corrected chi connectivity index (χ4v) is 3.51. The van der Waals surface area contributed by atoms with E-state index in [1.165, 1.54) is 7.11 Å². The number of pyridine rings is 1. The topological polar surface area (TPSA) is 88.0 Å². The molecule has 0 amide bonds. The lowest BCUT2D eigenvalue weighted by Gasteiger charge is -2.12. The number of aryl methyl sites for hydroxylation is 1. The van der Waals surface area contributed by atoms with E-state index in [1.54, 1.807) is 12.1 Å². The zero-order chi connectivity index (χ0) is 19.7. The molecular formula is C21H23N5O2. The van der Waals surface area contributed by atoms with Gasteiger partial charge in [0.25, 0.3) is 0 Å². The van der Waals surface area contributed by atoms with Gasteiger partial charge >= 0.3 is 5.97 Å². The van der Waals surface area contributed by atoms with Gasteiger partial charge in [-0.15, -0.1) is 0 Å². The first-order valence-corrected chi connectivity index (χ1v) is 9.39. The van der Waals surface area contributed by atoms with Crippen molar-refractivity contribution < 1.29 is 9.53 Å². The number of esters is 1. The zero-order valence-corrected chi connectivity index (χ0v) is 16.1. The molecule has 2 N–H and O–H groups in total. The molecule has 0 aliphatic rings. The number of ether oxygens (including phenoxy) is 1. The van der Waals surface area contributed by atoms with Crippen LogP contribution in [0.5, 0.6) is 0 Å². The summed E-state index contributed by atoms with van der Waals surface area (Å²) in [6.45, 7) is 2.80. The highest BCUT2D eigenvalue weighted by Crippen LogP contribution is 2.30. The number of carbonyl (C=O) groups is 1. The van der Waals surface area contributed by atoms with E-state index in [9.17, 15) is 4.79 Å². The second kappa shape index (κ2) is 7.34. The van der Waals surface area contributed by atoms with Crippen LogP contribution in [0.25, 0.3) is 21.9 Å². The molecule has 0 bridgehead atoms. The maximum absolute atomic E-state index is 11.9. The molecule has 0 unspecified atom stereocenters. The third-order valence-corrected chi connectivity index (χ3v) is 4.93. The number of imidazole rings is 1. The first-order valence-electron chi connectivity index (χ1n) is 9.39. The molecule has 0 radical (unpaired) electrons. The Balaban J connectivity index is 1.97. The van der Waals surface area contributed by atoms with Gasteiger partial charge in [-0.2, -0.15) is 0 Å². The van der Waals surface area contributed by atoms with Crippen LogP contribution in [0.1, 0.15) is 35.9 Å². The van der Waals surface area contributed by atoms with Gasteiger partial charge in [0.05, 0.1) is 23.7 Å². The molecule has 28 heavy (non-hydrogen) atoms. The van der Waals surface area contributed by atoms with Crippen LogP contribution < -0.4 is 5.73 Å². The van der Waals surface area contributed by atoms with Crippen molar-refractivity contribution in [1.29, 1.82) is 0 Å². The predicted octanol–water partition coefficient (Wildman–Crippen LogP) is 3.60. The molecule has 7 nitrogen and oxygen atoms in total. The van der Waals surface area contributed by atoms with Crippen molar-refractivity contribution in [2.45, 2.75) is 32.9 Å². The summed E-state index contributed by atoms with van der Waals surface area (Å²) in [7, 11) is 1.36. The Hall–Kier alpha value is -3.35. The van der Waals surface area contributed by atoms with Gasteiger partial charge in [-0.3, -0.25) is 0 Å². The van der Waals surface area contributed by atoms with Crippen LogP contribution >= 0.6 is 0 Å². The molecule has 0 aliphatic carbocycles. The molecule has 0 spiro atoms. The van der Waals surface area contributed by atoms with Crippen LogP contribution in [0, 0.1) is 0 Å². The maximum atomic E-state index is 11.9. The van der Waals surface area contributed by atoms with E-state index in [0.29, 0.717) is 29.1 Å². The molecule has 0 saturated heterocycles. The van der Waals surface area contributed by atoms with E-state index in [-0.39, 0.29) is 0 Å². The summed E-state index contributed by atoms with van der Waals surface area (Å²) in [4.78, 5) is 21.2. The van der Waals surface area contributed by atoms with Crippen molar-refractivity contribution >= 4 is 33.7 Å². The first-order chi connectivity index (χ1) is 13.6. The number of carbonyl (C=O) groups excluding carboxylic acids is 1. The lowest BCUT2D eigenvalue weighted by atomic mass is 10.1. The lowest BCUT2D eigenvalue weighted by molar-refractivity contribution is 0.0601. The van der Waals surface area contributed by atoms with Crippen molar-refractivity contribution in [3.8, 4) is 0 Å². The van der Waals surface area contributed by atoms with E-state index in [4.69, 9.17) is 15.5 Å². The monoisotopic (exact) mass is 377 g/mol.